The van der Waals surface area contributed by atoms with Gasteiger partial charge in [0, 0.05) is 29.6 Å². The Morgan fingerprint density at radius 3 is 2.33 bits per heavy atom. The third kappa shape index (κ3) is 4.40. The van der Waals surface area contributed by atoms with Crippen molar-refractivity contribution in [3.05, 3.63) is 48.0 Å². The first-order chi connectivity index (χ1) is 11.5. The number of hydrogen-bond donors (Lipinski definition) is 2. The molecule has 0 aliphatic rings. The van der Waals surface area contributed by atoms with Crippen LogP contribution in [-0.2, 0) is 4.79 Å². The first-order valence-electron chi connectivity index (χ1n) is 7.36. The highest BCUT2D eigenvalue weighted by atomic mass is 16.5. The third-order valence-corrected chi connectivity index (χ3v) is 3.39. The second-order valence-electron chi connectivity index (χ2n) is 5.15. The van der Waals surface area contributed by atoms with Crippen molar-refractivity contribution in [2.24, 2.45) is 0 Å². The predicted octanol–water partition coefficient (Wildman–Crippen LogP) is 3.01. The number of hydrogen-bond acceptors (Lipinski definition) is 5. The Bertz CT molecular complexity index is 746. The lowest BCUT2D eigenvalue weighted by Gasteiger charge is -2.17. The summed E-state index contributed by atoms with van der Waals surface area (Å²) < 4.78 is 10.4. The molecule has 2 aromatic carbocycles. The molecule has 0 heterocycles. The number of nitrogens with zero attached hydrogens (tertiary/aromatic N) is 1. The Kier molecular flexibility index (Phi) is 5.63. The first kappa shape index (κ1) is 17.2. The Hall–Kier alpha value is -3.20. The van der Waals surface area contributed by atoms with Gasteiger partial charge in [-0.25, -0.2) is 0 Å². The summed E-state index contributed by atoms with van der Waals surface area (Å²) in [5.74, 6) is 1.05. The third-order valence-electron chi connectivity index (χ3n) is 3.39. The van der Waals surface area contributed by atoms with Gasteiger partial charge in [-0.1, -0.05) is 6.07 Å². The first-order valence-corrected chi connectivity index (χ1v) is 7.36. The van der Waals surface area contributed by atoms with E-state index in [9.17, 15) is 4.79 Å². The van der Waals surface area contributed by atoms with Gasteiger partial charge in [0.1, 0.15) is 17.5 Å². The molecule has 24 heavy (non-hydrogen) atoms. The lowest BCUT2D eigenvalue weighted by atomic mass is 10.2. The average molecular weight is 325 g/mol. The standard InChI is InChI=1S/C18H19N3O3/c1-12(18(22)21-14-6-4-5-13(7-14)11-19)20-15-8-16(23-2)10-17(9-15)24-3/h4-10,12,20H,1-3H3,(H,21,22)/t12-/m0/s1. The minimum Gasteiger partial charge on any atom is -0.497 e. The zero-order valence-corrected chi connectivity index (χ0v) is 13.8. The predicted molar refractivity (Wildman–Crippen MR) is 92.4 cm³/mol. The van der Waals surface area contributed by atoms with Crippen molar-refractivity contribution in [2.45, 2.75) is 13.0 Å². The van der Waals surface area contributed by atoms with Crippen molar-refractivity contribution in [3.8, 4) is 17.6 Å². The van der Waals surface area contributed by atoms with Gasteiger partial charge in [-0.15, -0.1) is 0 Å². The van der Waals surface area contributed by atoms with Crippen LogP contribution in [0.5, 0.6) is 11.5 Å². The number of carbonyl (C=O) groups is 1. The van der Waals surface area contributed by atoms with E-state index in [1.165, 1.54) is 0 Å². The van der Waals surface area contributed by atoms with E-state index in [-0.39, 0.29) is 5.91 Å². The number of ether oxygens (including phenoxy) is 2. The highest BCUT2D eigenvalue weighted by Gasteiger charge is 2.14. The summed E-state index contributed by atoms with van der Waals surface area (Å²) in [6.07, 6.45) is 0. The second kappa shape index (κ2) is 7.88. The number of rotatable bonds is 6. The monoisotopic (exact) mass is 325 g/mol. The molecular weight excluding hydrogens is 306 g/mol. The van der Waals surface area contributed by atoms with E-state index in [1.54, 1.807) is 63.6 Å². The van der Waals surface area contributed by atoms with Gasteiger partial charge >= 0.3 is 0 Å². The molecular formula is C18H19N3O3. The zero-order chi connectivity index (χ0) is 17.5. The van der Waals surface area contributed by atoms with Crippen LogP contribution in [0.2, 0.25) is 0 Å². The molecule has 1 amide bonds. The van der Waals surface area contributed by atoms with Crippen molar-refractivity contribution in [3.63, 3.8) is 0 Å². The van der Waals surface area contributed by atoms with Crippen LogP contribution in [0.4, 0.5) is 11.4 Å². The molecule has 2 rings (SSSR count). The molecule has 1 atom stereocenters. The summed E-state index contributed by atoms with van der Waals surface area (Å²) in [7, 11) is 3.13. The van der Waals surface area contributed by atoms with E-state index in [2.05, 4.69) is 10.6 Å². The van der Waals surface area contributed by atoms with Gasteiger partial charge in [0.05, 0.1) is 25.9 Å². The largest absolute Gasteiger partial charge is 0.497 e. The van der Waals surface area contributed by atoms with Gasteiger partial charge in [0.15, 0.2) is 0 Å². The molecule has 0 saturated heterocycles. The Balaban J connectivity index is 2.07. The molecule has 2 aromatic rings. The van der Waals surface area contributed by atoms with Crippen LogP contribution in [-0.4, -0.2) is 26.2 Å². The van der Waals surface area contributed by atoms with E-state index in [1.807, 2.05) is 6.07 Å². The fourth-order valence-electron chi connectivity index (χ4n) is 2.12. The Morgan fingerprint density at radius 2 is 1.75 bits per heavy atom. The van der Waals surface area contributed by atoms with Crippen LogP contribution in [0.25, 0.3) is 0 Å². The van der Waals surface area contributed by atoms with Crippen molar-refractivity contribution < 1.29 is 14.3 Å². The molecule has 0 unspecified atom stereocenters. The number of anilines is 2. The Labute approximate surface area is 141 Å². The van der Waals surface area contributed by atoms with Crippen LogP contribution < -0.4 is 20.1 Å². The van der Waals surface area contributed by atoms with Crippen LogP contribution in [0.3, 0.4) is 0 Å². The fourth-order valence-corrected chi connectivity index (χ4v) is 2.12. The number of carbonyl (C=O) groups excluding carboxylic acids is 1. The fraction of sp³-hybridized carbons (Fsp3) is 0.222. The normalized spacial score (nSPS) is 11.1. The van der Waals surface area contributed by atoms with E-state index < -0.39 is 6.04 Å². The van der Waals surface area contributed by atoms with Crippen LogP contribution in [0.1, 0.15) is 12.5 Å². The lowest BCUT2D eigenvalue weighted by Crippen LogP contribution is -2.31. The number of nitrogens with one attached hydrogen (secondary N) is 2. The summed E-state index contributed by atoms with van der Waals surface area (Å²) in [4.78, 5) is 12.3. The van der Waals surface area contributed by atoms with Crippen molar-refractivity contribution in [2.75, 3.05) is 24.9 Å². The molecule has 0 spiro atoms. The number of benzene rings is 2. The number of methoxy groups -OCH3 is 2. The molecule has 0 aromatic heterocycles. The lowest BCUT2D eigenvalue weighted by molar-refractivity contribution is -0.116. The highest BCUT2D eigenvalue weighted by molar-refractivity contribution is 5.96. The minimum absolute atomic E-state index is 0.216. The van der Waals surface area contributed by atoms with Gasteiger partial charge in [-0.05, 0) is 25.1 Å². The Morgan fingerprint density at radius 1 is 1.08 bits per heavy atom. The van der Waals surface area contributed by atoms with Crippen LogP contribution in [0, 0.1) is 11.3 Å². The summed E-state index contributed by atoms with van der Waals surface area (Å²) in [5, 5.41) is 14.8. The average Bonchev–Trinajstić information content (AvgIpc) is 2.61. The smallest absolute Gasteiger partial charge is 0.246 e. The van der Waals surface area contributed by atoms with Crippen LogP contribution >= 0.6 is 0 Å². The summed E-state index contributed by atoms with van der Waals surface area (Å²) in [6, 6.07) is 13.6. The maximum absolute atomic E-state index is 12.3. The molecule has 124 valence electrons. The SMILES string of the molecule is COc1cc(N[C@@H](C)C(=O)Nc2cccc(C#N)c2)cc(OC)c1. The molecule has 0 saturated carbocycles. The minimum atomic E-state index is -0.493. The van der Waals surface area contributed by atoms with Gasteiger partial charge in [0.2, 0.25) is 5.91 Å². The molecule has 0 aliphatic carbocycles. The quantitative estimate of drug-likeness (QED) is 0.853. The summed E-state index contributed by atoms with van der Waals surface area (Å²) in [5.41, 5.74) is 1.78. The molecule has 0 radical (unpaired) electrons. The zero-order valence-electron chi connectivity index (χ0n) is 13.8. The van der Waals surface area contributed by atoms with Gasteiger partial charge in [-0.2, -0.15) is 5.26 Å². The van der Waals surface area contributed by atoms with E-state index in [0.717, 1.165) is 0 Å². The van der Waals surface area contributed by atoms with Crippen molar-refractivity contribution in [1.82, 2.24) is 0 Å². The molecule has 2 N–H and O–H groups in total. The molecule has 6 nitrogen and oxygen atoms in total. The van der Waals surface area contributed by atoms with Gasteiger partial charge < -0.3 is 20.1 Å². The number of amides is 1. The topological polar surface area (TPSA) is 83.4 Å². The molecule has 0 bridgehead atoms. The maximum Gasteiger partial charge on any atom is 0.246 e. The van der Waals surface area contributed by atoms with Gasteiger partial charge in [-0.3, -0.25) is 4.79 Å². The summed E-state index contributed by atoms with van der Waals surface area (Å²) in [6.45, 7) is 1.75. The second-order valence-corrected chi connectivity index (χ2v) is 5.15. The molecule has 0 fully saturated rings. The summed E-state index contributed by atoms with van der Waals surface area (Å²) >= 11 is 0. The molecule has 6 heteroatoms. The van der Waals surface area contributed by atoms with Crippen molar-refractivity contribution in [1.29, 1.82) is 5.26 Å². The van der Waals surface area contributed by atoms with Gasteiger partial charge in [0.25, 0.3) is 0 Å². The molecule has 0 aliphatic heterocycles. The van der Waals surface area contributed by atoms with Crippen LogP contribution in [0.15, 0.2) is 42.5 Å². The highest BCUT2D eigenvalue weighted by Crippen LogP contribution is 2.26. The van der Waals surface area contributed by atoms with Crippen molar-refractivity contribution >= 4 is 17.3 Å². The van der Waals surface area contributed by atoms with E-state index in [0.29, 0.717) is 28.4 Å². The number of nitriles is 1. The van der Waals surface area contributed by atoms with E-state index in [4.69, 9.17) is 14.7 Å². The maximum atomic E-state index is 12.3. The van der Waals surface area contributed by atoms with E-state index >= 15 is 0 Å².